The van der Waals surface area contributed by atoms with Crippen molar-refractivity contribution in [2.45, 2.75) is 26.3 Å². The van der Waals surface area contributed by atoms with Gasteiger partial charge >= 0.3 is 5.97 Å². The molecule has 0 fully saturated rings. The van der Waals surface area contributed by atoms with Crippen LogP contribution in [0, 0.1) is 0 Å². The maximum Gasteiger partial charge on any atom is 0.341 e. The standard InChI is InChI=1S/C13H19N3O2S/c1-9(2)16(8-6-11(14)19)12-10(13(17)18-3)5-4-7-15-12/h4-5,7,9H,6,8H2,1-3H3,(H2,14,19). The molecule has 5 nitrogen and oxygen atoms in total. The Labute approximate surface area is 118 Å². The summed E-state index contributed by atoms with van der Waals surface area (Å²) in [7, 11) is 1.35. The summed E-state index contributed by atoms with van der Waals surface area (Å²) in [6.45, 7) is 4.67. The second-order valence-corrected chi connectivity index (χ2v) is 4.89. The van der Waals surface area contributed by atoms with E-state index in [2.05, 4.69) is 4.98 Å². The van der Waals surface area contributed by atoms with Gasteiger partial charge in [0.25, 0.3) is 0 Å². The van der Waals surface area contributed by atoms with Gasteiger partial charge in [-0.05, 0) is 26.0 Å². The third kappa shape index (κ3) is 4.17. The first-order chi connectivity index (χ1) is 8.97. The molecule has 0 atom stereocenters. The molecular weight excluding hydrogens is 262 g/mol. The van der Waals surface area contributed by atoms with Gasteiger partial charge < -0.3 is 15.4 Å². The van der Waals surface area contributed by atoms with Gasteiger partial charge in [0, 0.05) is 25.2 Å². The van der Waals surface area contributed by atoms with Crippen molar-refractivity contribution < 1.29 is 9.53 Å². The molecule has 0 aliphatic rings. The van der Waals surface area contributed by atoms with E-state index >= 15 is 0 Å². The fourth-order valence-corrected chi connectivity index (χ4v) is 1.83. The van der Waals surface area contributed by atoms with Gasteiger partial charge in [0.1, 0.15) is 11.4 Å². The van der Waals surface area contributed by atoms with Crippen LogP contribution >= 0.6 is 12.2 Å². The first-order valence-electron chi connectivity index (χ1n) is 6.05. The number of rotatable bonds is 6. The minimum atomic E-state index is -0.399. The van der Waals surface area contributed by atoms with E-state index in [0.717, 1.165) is 0 Å². The average molecular weight is 281 g/mol. The van der Waals surface area contributed by atoms with Gasteiger partial charge in [0.05, 0.1) is 12.1 Å². The summed E-state index contributed by atoms with van der Waals surface area (Å²) in [6, 6.07) is 3.58. The number of pyridine rings is 1. The maximum atomic E-state index is 11.8. The summed E-state index contributed by atoms with van der Waals surface area (Å²) in [4.78, 5) is 18.5. The van der Waals surface area contributed by atoms with E-state index in [9.17, 15) is 4.79 Å². The van der Waals surface area contributed by atoms with E-state index in [1.807, 2.05) is 18.7 Å². The van der Waals surface area contributed by atoms with E-state index < -0.39 is 5.97 Å². The van der Waals surface area contributed by atoms with Crippen LogP contribution in [0.4, 0.5) is 5.82 Å². The van der Waals surface area contributed by atoms with Crippen LogP contribution in [0.3, 0.4) is 0 Å². The van der Waals surface area contributed by atoms with E-state index in [-0.39, 0.29) is 6.04 Å². The summed E-state index contributed by atoms with van der Waals surface area (Å²) < 4.78 is 4.78. The van der Waals surface area contributed by atoms with Crippen LogP contribution < -0.4 is 10.6 Å². The van der Waals surface area contributed by atoms with Crippen molar-refractivity contribution >= 4 is 29.0 Å². The van der Waals surface area contributed by atoms with Crippen molar-refractivity contribution in [1.82, 2.24) is 4.98 Å². The highest BCUT2D eigenvalue weighted by atomic mass is 32.1. The smallest absolute Gasteiger partial charge is 0.341 e. The number of esters is 1. The van der Waals surface area contributed by atoms with Crippen LogP contribution in [0.5, 0.6) is 0 Å². The molecule has 19 heavy (non-hydrogen) atoms. The number of carbonyl (C=O) groups is 1. The maximum absolute atomic E-state index is 11.8. The highest BCUT2D eigenvalue weighted by molar-refractivity contribution is 7.80. The molecule has 6 heteroatoms. The largest absolute Gasteiger partial charge is 0.465 e. The van der Waals surface area contributed by atoms with Gasteiger partial charge in [-0.15, -0.1) is 0 Å². The van der Waals surface area contributed by atoms with Gasteiger partial charge in [-0.1, -0.05) is 12.2 Å². The average Bonchev–Trinajstić information content (AvgIpc) is 2.38. The number of methoxy groups -OCH3 is 1. The number of nitrogens with zero attached hydrogens (tertiary/aromatic N) is 2. The van der Waals surface area contributed by atoms with Gasteiger partial charge in [-0.25, -0.2) is 9.78 Å². The Morgan fingerprint density at radius 3 is 2.79 bits per heavy atom. The molecule has 0 aliphatic carbocycles. The predicted octanol–water partition coefficient (Wildman–Crippen LogP) is 1.76. The predicted molar refractivity (Wildman–Crippen MR) is 79.5 cm³/mol. The lowest BCUT2D eigenvalue weighted by Crippen LogP contribution is -2.35. The molecule has 0 bridgehead atoms. The summed E-state index contributed by atoms with van der Waals surface area (Å²) >= 11 is 4.90. The lowest BCUT2D eigenvalue weighted by atomic mass is 10.2. The Kier molecular flexibility index (Phi) is 5.69. The topological polar surface area (TPSA) is 68.5 Å². The number of thiocarbonyl (C=S) groups is 1. The minimum absolute atomic E-state index is 0.174. The SMILES string of the molecule is COC(=O)c1cccnc1N(CCC(N)=S)C(C)C. The monoisotopic (exact) mass is 281 g/mol. The van der Waals surface area contributed by atoms with Crippen LogP contribution in [0.25, 0.3) is 0 Å². The second kappa shape index (κ2) is 7.04. The number of carbonyl (C=O) groups excluding carboxylic acids is 1. The van der Waals surface area contributed by atoms with Crippen molar-refractivity contribution in [3.63, 3.8) is 0 Å². The molecule has 0 saturated heterocycles. The number of hydrogen-bond donors (Lipinski definition) is 1. The Bertz CT molecular complexity index is 463. The molecule has 1 aromatic rings. The Morgan fingerprint density at radius 1 is 1.58 bits per heavy atom. The highest BCUT2D eigenvalue weighted by Crippen LogP contribution is 2.20. The van der Waals surface area contributed by atoms with Crippen molar-refractivity contribution in [1.29, 1.82) is 0 Å². The molecule has 0 saturated carbocycles. The zero-order valence-electron chi connectivity index (χ0n) is 11.4. The summed E-state index contributed by atoms with van der Waals surface area (Å²) in [6.07, 6.45) is 2.22. The summed E-state index contributed by atoms with van der Waals surface area (Å²) in [5.74, 6) is 0.199. The first-order valence-corrected chi connectivity index (χ1v) is 6.46. The Morgan fingerprint density at radius 2 is 2.26 bits per heavy atom. The molecule has 0 radical (unpaired) electrons. The zero-order chi connectivity index (χ0) is 14.4. The normalized spacial score (nSPS) is 10.3. The van der Waals surface area contributed by atoms with Crippen LogP contribution in [-0.2, 0) is 4.74 Å². The number of anilines is 1. The third-order valence-electron chi connectivity index (χ3n) is 2.69. The zero-order valence-corrected chi connectivity index (χ0v) is 12.2. The molecule has 0 amide bonds. The minimum Gasteiger partial charge on any atom is -0.465 e. The second-order valence-electron chi connectivity index (χ2n) is 4.37. The Hall–Kier alpha value is -1.69. The molecule has 1 aromatic heterocycles. The number of hydrogen-bond acceptors (Lipinski definition) is 5. The van der Waals surface area contributed by atoms with Crippen LogP contribution in [0.2, 0.25) is 0 Å². The van der Waals surface area contributed by atoms with Crippen molar-refractivity contribution in [3.05, 3.63) is 23.9 Å². The van der Waals surface area contributed by atoms with Gasteiger partial charge in [-0.3, -0.25) is 0 Å². The highest BCUT2D eigenvalue weighted by Gasteiger charge is 2.20. The van der Waals surface area contributed by atoms with Gasteiger partial charge in [0.2, 0.25) is 0 Å². The van der Waals surface area contributed by atoms with Crippen molar-refractivity contribution in [2.75, 3.05) is 18.6 Å². The van der Waals surface area contributed by atoms with E-state index in [1.165, 1.54) is 7.11 Å². The van der Waals surface area contributed by atoms with E-state index in [0.29, 0.717) is 29.3 Å². The number of ether oxygens (including phenoxy) is 1. The molecule has 0 spiro atoms. The van der Waals surface area contributed by atoms with Crippen molar-refractivity contribution in [3.8, 4) is 0 Å². The molecule has 1 heterocycles. The molecule has 0 unspecified atom stereocenters. The molecule has 104 valence electrons. The fourth-order valence-electron chi connectivity index (χ4n) is 1.73. The Balaban J connectivity index is 3.08. The molecule has 1 rings (SSSR count). The van der Waals surface area contributed by atoms with Crippen LogP contribution in [-0.4, -0.2) is 35.6 Å². The summed E-state index contributed by atoms with van der Waals surface area (Å²) in [5, 5.41) is 0. The quantitative estimate of drug-likeness (QED) is 0.633. The van der Waals surface area contributed by atoms with E-state index in [4.69, 9.17) is 22.7 Å². The third-order valence-corrected chi connectivity index (χ3v) is 2.89. The van der Waals surface area contributed by atoms with E-state index in [1.54, 1.807) is 18.3 Å². The summed E-state index contributed by atoms with van der Waals surface area (Å²) in [5.41, 5.74) is 5.98. The molecule has 0 aliphatic heterocycles. The molecular formula is C13H19N3O2S. The number of aromatic nitrogens is 1. The molecule has 2 N–H and O–H groups in total. The van der Waals surface area contributed by atoms with Gasteiger partial charge in [0.15, 0.2) is 0 Å². The number of nitrogens with two attached hydrogens (primary N) is 1. The molecule has 0 aromatic carbocycles. The lowest BCUT2D eigenvalue weighted by molar-refractivity contribution is 0.0601. The first kappa shape index (κ1) is 15.4. The van der Waals surface area contributed by atoms with Crippen molar-refractivity contribution in [2.24, 2.45) is 5.73 Å². The lowest BCUT2D eigenvalue weighted by Gasteiger charge is -2.29. The van der Waals surface area contributed by atoms with Gasteiger partial charge in [-0.2, -0.15) is 0 Å². The van der Waals surface area contributed by atoms with Crippen LogP contribution in [0.15, 0.2) is 18.3 Å². The van der Waals surface area contributed by atoms with Crippen LogP contribution in [0.1, 0.15) is 30.6 Å². The fraction of sp³-hybridized carbons (Fsp3) is 0.462.